The predicted molar refractivity (Wildman–Crippen MR) is 80.0 cm³/mol. The van der Waals surface area contributed by atoms with Crippen LogP contribution in [-0.2, 0) is 0 Å². The van der Waals surface area contributed by atoms with Gasteiger partial charge in [-0.05, 0) is 30.5 Å². The van der Waals surface area contributed by atoms with Crippen molar-refractivity contribution in [1.29, 1.82) is 0 Å². The molecular weight excluding hydrogens is 264 g/mol. The Kier molecular flexibility index (Phi) is 2.80. The molecule has 106 valence electrons. The van der Waals surface area contributed by atoms with Gasteiger partial charge in [0.05, 0.1) is 17.4 Å². The van der Waals surface area contributed by atoms with Crippen LogP contribution in [0.3, 0.4) is 0 Å². The molecule has 1 aliphatic rings. The molecule has 4 rings (SSSR count). The lowest BCUT2D eigenvalue weighted by Gasteiger charge is -2.15. The van der Waals surface area contributed by atoms with Crippen LogP contribution in [0, 0.1) is 5.92 Å². The molecule has 0 spiro atoms. The highest BCUT2D eigenvalue weighted by Crippen LogP contribution is 2.25. The van der Waals surface area contributed by atoms with Crippen LogP contribution < -0.4 is 4.90 Å². The number of hydrogen-bond acceptors (Lipinski definition) is 5. The van der Waals surface area contributed by atoms with Gasteiger partial charge in [-0.3, -0.25) is 0 Å². The molecule has 1 fully saturated rings. The van der Waals surface area contributed by atoms with Crippen LogP contribution in [0.2, 0.25) is 0 Å². The van der Waals surface area contributed by atoms with Gasteiger partial charge in [-0.15, -0.1) is 0 Å². The van der Waals surface area contributed by atoms with Crippen molar-refractivity contribution in [2.45, 2.75) is 13.3 Å². The molecule has 0 radical (unpaired) electrons. The second-order valence-corrected chi connectivity index (χ2v) is 5.54. The first-order valence-electron chi connectivity index (χ1n) is 7.18. The molecule has 6 nitrogen and oxygen atoms in total. The molecule has 1 saturated heterocycles. The standard InChI is InChI=1S/C15H16N6/c1-11-5-8-20(10-11)15-16-7-4-13(19-15)12-9-18-21-14(12)3-2-6-17-21/h2-4,6-7,9,11H,5,8,10H2,1H3/t11-/m0/s1. The number of nitrogens with zero attached hydrogens (tertiary/aromatic N) is 6. The summed E-state index contributed by atoms with van der Waals surface area (Å²) in [5.74, 6) is 1.51. The van der Waals surface area contributed by atoms with E-state index >= 15 is 0 Å². The summed E-state index contributed by atoms with van der Waals surface area (Å²) >= 11 is 0. The van der Waals surface area contributed by atoms with Gasteiger partial charge in [0.1, 0.15) is 0 Å². The van der Waals surface area contributed by atoms with Crippen molar-refractivity contribution >= 4 is 11.5 Å². The maximum Gasteiger partial charge on any atom is 0.225 e. The second-order valence-electron chi connectivity index (χ2n) is 5.54. The fourth-order valence-corrected chi connectivity index (χ4v) is 2.80. The topological polar surface area (TPSA) is 59.2 Å². The number of fused-ring (bicyclic) bond motifs is 1. The molecule has 0 unspecified atom stereocenters. The van der Waals surface area contributed by atoms with E-state index in [1.54, 1.807) is 17.0 Å². The molecule has 0 saturated carbocycles. The van der Waals surface area contributed by atoms with Gasteiger partial charge in [-0.2, -0.15) is 14.8 Å². The van der Waals surface area contributed by atoms with Gasteiger partial charge in [0, 0.05) is 31.0 Å². The number of rotatable bonds is 2. The first-order valence-corrected chi connectivity index (χ1v) is 7.18. The number of aromatic nitrogens is 5. The average molecular weight is 280 g/mol. The third-order valence-corrected chi connectivity index (χ3v) is 3.93. The summed E-state index contributed by atoms with van der Waals surface area (Å²) in [6, 6.07) is 5.83. The van der Waals surface area contributed by atoms with Crippen LogP contribution in [0.4, 0.5) is 5.95 Å². The first-order chi connectivity index (χ1) is 10.3. The van der Waals surface area contributed by atoms with Gasteiger partial charge in [-0.25, -0.2) is 9.97 Å². The van der Waals surface area contributed by atoms with Gasteiger partial charge in [0.2, 0.25) is 5.95 Å². The Morgan fingerprint density at radius 1 is 1.19 bits per heavy atom. The largest absolute Gasteiger partial charge is 0.341 e. The number of hydrogen-bond donors (Lipinski definition) is 0. The molecule has 3 aromatic rings. The summed E-state index contributed by atoms with van der Waals surface area (Å²) in [6.45, 7) is 4.32. The zero-order valence-electron chi connectivity index (χ0n) is 11.8. The van der Waals surface area contributed by atoms with E-state index in [9.17, 15) is 0 Å². The number of anilines is 1. The van der Waals surface area contributed by atoms with E-state index in [0.717, 1.165) is 35.8 Å². The van der Waals surface area contributed by atoms with Crippen LogP contribution in [0.25, 0.3) is 16.8 Å². The van der Waals surface area contributed by atoms with E-state index in [4.69, 9.17) is 4.98 Å². The van der Waals surface area contributed by atoms with E-state index in [1.807, 2.05) is 24.4 Å². The Bertz CT molecular complexity index is 780. The fraction of sp³-hybridized carbons (Fsp3) is 0.333. The van der Waals surface area contributed by atoms with Crippen LogP contribution >= 0.6 is 0 Å². The van der Waals surface area contributed by atoms with E-state index < -0.39 is 0 Å². The third-order valence-electron chi connectivity index (χ3n) is 3.93. The lowest BCUT2D eigenvalue weighted by Crippen LogP contribution is -2.21. The van der Waals surface area contributed by atoms with Gasteiger partial charge in [-0.1, -0.05) is 6.92 Å². The van der Waals surface area contributed by atoms with Crippen LogP contribution in [0.5, 0.6) is 0 Å². The summed E-state index contributed by atoms with van der Waals surface area (Å²) < 4.78 is 1.62. The van der Waals surface area contributed by atoms with E-state index in [2.05, 4.69) is 27.0 Å². The van der Waals surface area contributed by atoms with Gasteiger partial charge < -0.3 is 4.90 Å². The fourth-order valence-electron chi connectivity index (χ4n) is 2.80. The molecule has 0 amide bonds. The summed E-state index contributed by atoms with van der Waals surface area (Å²) in [7, 11) is 0. The van der Waals surface area contributed by atoms with Crippen molar-refractivity contribution in [3.8, 4) is 11.3 Å². The van der Waals surface area contributed by atoms with Gasteiger partial charge >= 0.3 is 0 Å². The van der Waals surface area contributed by atoms with Crippen molar-refractivity contribution < 1.29 is 0 Å². The van der Waals surface area contributed by atoms with Crippen LogP contribution in [0.1, 0.15) is 13.3 Å². The summed E-state index contributed by atoms with van der Waals surface area (Å²) in [6.07, 6.45) is 6.55. The molecule has 0 aromatic carbocycles. The highest BCUT2D eigenvalue weighted by Gasteiger charge is 2.21. The molecule has 0 aliphatic carbocycles. The van der Waals surface area contributed by atoms with E-state index in [1.165, 1.54) is 6.42 Å². The van der Waals surface area contributed by atoms with Gasteiger partial charge in [0.25, 0.3) is 0 Å². The maximum absolute atomic E-state index is 4.72. The average Bonchev–Trinajstić information content (AvgIpc) is 3.13. The molecule has 1 aliphatic heterocycles. The molecule has 6 heteroatoms. The Morgan fingerprint density at radius 2 is 2.14 bits per heavy atom. The Labute approximate surface area is 122 Å². The minimum Gasteiger partial charge on any atom is -0.341 e. The highest BCUT2D eigenvalue weighted by molar-refractivity contribution is 5.77. The maximum atomic E-state index is 4.72. The molecule has 1 atom stereocenters. The van der Waals surface area contributed by atoms with E-state index in [-0.39, 0.29) is 0 Å². The highest BCUT2D eigenvalue weighted by atomic mass is 15.4. The molecule has 21 heavy (non-hydrogen) atoms. The lowest BCUT2D eigenvalue weighted by molar-refractivity contribution is 0.658. The SMILES string of the molecule is C[C@H]1CCN(c2nccc(-c3cnn4ncccc34)n2)C1. The summed E-state index contributed by atoms with van der Waals surface area (Å²) in [5.41, 5.74) is 2.83. The normalized spacial score (nSPS) is 18.5. The predicted octanol–water partition coefficient (Wildman–Crippen LogP) is 2.03. The Balaban J connectivity index is 1.75. The van der Waals surface area contributed by atoms with Crippen molar-refractivity contribution in [3.05, 3.63) is 36.8 Å². The quantitative estimate of drug-likeness (QED) is 0.719. The van der Waals surface area contributed by atoms with Crippen LogP contribution in [-0.4, -0.2) is 37.9 Å². The zero-order chi connectivity index (χ0) is 14.2. The minimum atomic E-state index is 0.707. The smallest absolute Gasteiger partial charge is 0.225 e. The summed E-state index contributed by atoms with van der Waals surface area (Å²) in [4.78, 5) is 11.4. The molecule has 3 aromatic heterocycles. The Morgan fingerprint density at radius 3 is 3.00 bits per heavy atom. The monoisotopic (exact) mass is 280 g/mol. The van der Waals surface area contributed by atoms with Crippen LogP contribution in [0.15, 0.2) is 36.8 Å². The first kappa shape index (κ1) is 12.3. The van der Waals surface area contributed by atoms with Gasteiger partial charge in [0.15, 0.2) is 0 Å². The van der Waals surface area contributed by atoms with E-state index in [0.29, 0.717) is 5.92 Å². The van der Waals surface area contributed by atoms with Crippen molar-refractivity contribution in [1.82, 2.24) is 24.8 Å². The lowest BCUT2D eigenvalue weighted by atomic mass is 10.2. The third kappa shape index (κ3) is 2.12. The molecule has 0 bridgehead atoms. The second kappa shape index (κ2) is 4.80. The van der Waals surface area contributed by atoms with Crippen molar-refractivity contribution in [3.63, 3.8) is 0 Å². The zero-order valence-corrected chi connectivity index (χ0v) is 11.8. The molecule has 4 heterocycles. The summed E-state index contributed by atoms with van der Waals surface area (Å²) in [5, 5.41) is 8.45. The molecular formula is C15H16N6. The molecule has 0 N–H and O–H groups in total. The Hall–Kier alpha value is -2.50. The van der Waals surface area contributed by atoms with Crippen molar-refractivity contribution in [2.24, 2.45) is 5.92 Å². The van der Waals surface area contributed by atoms with Crippen molar-refractivity contribution in [2.75, 3.05) is 18.0 Å². The minimum absolute atomic E-state index is 0.707.